The van der Waals surface area contributed by atoms with Crippen molar-refractivity contribution in [1.82, 2.24) is 24.8 Å². The number of aromatic nitrogens is 4. The lowest BCUT2D eigenvalue weighted by Gasteiger charge is -2.20. The second kappa shape index (κ2) is 15.9. The van der Waals surface area contributed by atoms with Crippen molar-refractivity contribution in [3.05, 3.63) is 105 Å². The Bertz CT molecular complexity index is 1930. The first-order valence-electron chi connectivity index (χ1n) is 16.2. The number of benzene rings is 2. The van der Waals surface area contributed by atoms with Crippen molar-refractivity contribution in [2.24, 2.45) is 22.4 Å². The number of aliphatic imine (C=N–C) groups is 1. The topological polar surface area (TPSA) is 152 Å². The van der Waals surface area contributed by atoms with Crippen LogP contribution in [-0.4, -0.2) is 44.6 Å². The van der Waals surface area contributed by atoms with Gasteiger partial charge in [-0.15, -0.1) is 0 Å². The number of nitrogens with zero attached hydrogens (tertiary/aromatic N) is 4. The number of hydrogen-bond acceptors (Lipinski definition) is 6. The van der Waals surface area contributed by atoms with Crippen molar-refractivity contribution in [3.63, 3.8) is 0 Å². The smallest absolute Gasteiger partial charge is 0.354 e. The molecule has 7 N–H and O–H groups in total. The molecule has 0 radical (unpaired) electrons. The van der Waals surface area contributed by atoms with Crippen LogP contribution in [0.4, 0.5) is 10.1 Å². The number of anilines is 1. The molecule has 5 rings (SSSR count). The van der Waals surface area contributed by atoms with Gasteiger partial charge in [0.25, 0.3) is 0 Å². The third kappa shape index (κ3) is 8.99. The molecule has 0 bridgehead atoms. The van der Waals surface area contributed by atoms with Gasteiger partial charge in [-0.05, 0) is 85.2 Å². The average molecular weight is 672 g/mol. The zero-order valence-corrected chi connectivity index (χ0v) is 28.3. The summed E-state index contributed by atoms with van der Waals surface area (Å²) >= 11 is 6.29. The fourth-order valence-electron chi connectivity index (χ4n) is 5.57. The van der Waals surface area contributed by atoms with Crippen molar-refractivity contribution in [3.8, 4) is 16.9 Å². The molecule has 5 aromatic rings. The number of aromatic amines is 1. The van der Waals surface area contributed by atoms with Gasteiger partial charge >= 0.3 is 5.69 Å². The van der Waals surface area contributed by atoms with Crippen LogP contribution in [0.1, 0.15) is 49.8 Å². The average Bonchev–Trinajstić information content (AvgIpc) is 3.46. The van der Waals surface area contributed by atoms with Crippen molar-refractivity contribution < 1.29 is 4.39 Å². The molecule has 3 heterocycles. The lowest BCUT2D eigenvalue weighted by molar-refractivity contribution is 0.503. The molecule has 1 atom stereocenters. The van der Waals surface area contributed by atoms with Gasteiger partial charge in [0.15, 0.2) is 11.8 Å². The Hall–Kier alpha value is -4.74. The van der Waals surface area contributed by atoms with E-state index < -0.39 is 11.5 Å². The second-order valence-corrected chi connectivity index (χ2v) is 12.9. The number of pyridine rings is 1. The lowest BCUT2D eigenvalue weighted by Crippen LogP contribution is -2.36. The zero-order chi connectivity index (χ0) is 34.2. The van der Waals surface area contributed by atoms with Gasteiger partial charge in [0, 0.05) is 49.0 Å². The third-order valence-electron chi connectivity index (χ3n) is 8.29. The van der Waals surface area contributed by atoms with E-state index in [4.69, 9.17) is 23.1 Å². The molecule has 10 nitrogen and oxygen atoms in total. The molecule has 0 fully saturated rings. The molecule has 252 valence electrons. The van der Waals surface area contributed by atoms with Crippen LogP contribution in [0, 0.1) is 18.7 Å². The predicted octanol–water partition coefficient (Wildman–Crippen LogP) is 6.09. The summed E-state index contributed by atoms with van der Waals surface area (Å²) in [4.78, 5) is 28.8. The Morgan fingerprint density at radius 3 is 2.62 bits per heavy atom. The highest BCUT2D eigenvalue weighted by Gasteiger charge is 2.16. The Morgan fingerprint density at radius 2 is 1.90 bits per heavy atom. The number of halogens is 2. The summed E-state index contributed by atoms with van der Waals surface area (Å²) < 4.78 is 16.7. The van der Waals surface area contributed by atoms with E-state index in [9.17, 15) is 4.79 Å². The summed E-state index contributed by atoms with van der Waals surface area (Å²) in [5.41, 5.74) is 16.6. The Kier molecular flexibility index (Phi) is 11.5. The molecule has 0 amide bonds. The van der Waals surface area contributed by atoms with E-state index in [1.165, 1.54) is 4.57 Å². The molecule has 0 saturated carbocycles. The predicted molar refractivity (Wildman–Crippen MR) is 193 cm³/mol. The number of nitrogens with one attached hydrogen (secondary N) is 3. The fourth-order valence-corrected chi connectivity index (χ4v) is 5.81. The van der Waals surface area contributed by atoms with Crippen molar-refractivity contribution >= 4 is 34.3 Å². The molecule has 0 saturated heterocycles. The maximum atomic E-state index is 15.2. The molecule has 3 aromatic heterocycles. The highest BCUT2D eigenvalue weighted by Crippen LogP contribution is 2.31. The maximum absolute atomic E-state index is 15.2. The van der Waals surface area contributed by atoms with Gasteiger partial charge in [-0.3, -0.25) is 14.5 Å². The molecule has 0 aliphatic heterocycles. The molecular formula is C36H43ClFN9O. The van der Waals surface area contributed by atoms with E-state index in [2.05, 4.69) is 44.4 Å². The summed E-state index contributed by atoms with van der Waals surface area (Å²) in [5.74, 6) is 0.158. The Morgan fingerprint density at radius 1 is 1.10 bits per heavy atom. The van der Waals surface area contributed by atoms with Crippen LogP contribution in [0.3, 0.4) is 0 Å². The summed E-state index contributed by atoms with van der Waals surface area (Å²) in [5, 5.41) is 7.80. The standard InChI is InChI=1S/C36H43ClFN9O/c1-22(2)5-4-6-25-15-29(33(38)30(37)16-25)31-17-26-21-47(36(48)46-34(26)45-31)28-9-7-24(8-10-28)18-43-27(12-14-42-35(39)40)19-44-32-20-41-13-11-23(32)3/h7-11,13,15-17,20-22,27,43-44H,4-6,12,14,18-19H2,1-3H3,(H4,39,40,42)(H,45,46,48)/t27-/m1/s1. The van der Waals surface area contributed by atoms with E-state index in [0.717, 1.165) is 48.1 Å². The van der Waals surface area contributed by atoms with Crippen LogP contribution < -0.4 is 27.8 Å². The van der Waals surface area contributed by atoms with Crippen molar-refractivity contribution in [2.75, 3.05) is 18.4 Å². The Balaban J connectivity index is 1.30. The first kappa shape index (κ1) is 34.6. The number of guanidine groups is 1. The Labute approximate surface area is 284 Å². The van der Waals surface area contributed by atoms with Crippen LogP contribution >= 0.6 is 11.6 Å². The van der Waals surface area contributed by atoms with Gasteiger partial charge in [0.2, 0.25) is 0 Å². The monoisotopic (exact) mass is 671 g/mol. The highest BCUT2D eigenvalue weighted by atomic mass is 35.5. The van der Waals surface area contributed by atoms with Crippen LogP contribution in [-0.2, 0) is 13.0 Å². The molecule has 48 heavy (non-hydrogen) atoms. The quantitative estimate of drug-likeness (QED) is 0.0667. The van der Waals surface area contributed by atoms with Gasteiger partial charge in [0.05, 0.1) is 28.3 Å². The highest BCUT2D eigenvalue weighted by molar-refractivity contribution is 6.31. The molecular weight excluding hydrogens is 629 g/mol. The third-order valence-corrected chi connectivity index (χ3v) is 8.57. The van der Waals surface area contributed by atoms with Crippen molar-refractivity contribution in [2.45, 2.75) is 59.0 Å². The van der Waals surface area contributed by atoms with E-state index >= 15 is 4.39 Å². The largest absolute Gasteiger partial charge is 0.382 e. The normalized spacial score (nSPS) is 12.0. The van der Waals surface area contributed by atoms with Crippen LogP contribution in [0.25, 0.3) is 28.0 Å². The second-order valence-electron chi connectivity index (χ2n) is 12.5. The fraction of sp³-hybridized carbons (Fsp3) is 0.333. The first-order chi connectivity index (χ1) is 23.1. The minimum Gasteiger partial charge on any atom is -0.382 e. The van der Waals surface area contributed by atoms with E-state index in [1.54, 1.807) is 24.5 Å². The van der Waals surface area contributed by atoms with Gasteiger partial charge in [-0.2, -0.15) is 4.98 Å². The van der Waals surface area contributed by atoms with E-state index in [0.29, 0.717) is 53.5 Å². The molecule has 0 aliphatic rings. The maximum Gasteiger partial charge on any atom is 0.354 e. The molecule has 12 heteroatoms. The number of H-pyrrole nitrogens is 1. The SMILES string of the molecule is Cc1ccncc1NC[C@@H](CCN=C(N)N)NCc1ccc(-n2cc3cc(-c4cc(CCCC(C)C)cc(Cl)c4F)[nH]c3nc2=O)cc1. The molecule has 2 aromatic carbocycles. The van der Waals surface area contributed by atoms with Gasteiger partial charge in [-0.25, -0.2) is 9.18 Å². The minimum atomic E-state index is -0.503. The lowest BCUT2D eigenvalue weighted by atomic mass is 10.00. The zero-order valence-electron chi connectivity index (χ0n) is 27.6. The van der Waals surface area contributed by atoms with Crippen molar-refractivity contribution in [1.29, 1.82) is 0 Å². The number of nitrogens with two attached hydrogens (primary N) is 2. The van der Waals surface area contributed by atoms with Crippen LogP contribution in [0.5, 0.6) is 0 Å². The van der Waals surface area contributed by atoms with Gasteiger partial charge < -0.3 is 27.1 Å². The van der Waals surface area contributed by atoms with Crippen LogP contribution in [0.2, 0.25) is 5.02 Å². The number of aryl methyl sites for hydroxylation is 2. The molecule has 0 aliphatic carbocycles. The van der Waals surface area contributed by atoms with Crippen LogP contribution in [0.15, 0.2) is 76.9 Å². The van der Waals surface area contributed by atoms with Gasteiger partial charge in [0.1, 0.15) is 5.65 Å². The number of fused-ring (bicyclic) bond motifs is 1. The minimum absolute atomic E-state index is 0.0671. The van der Waals surface area contributed by atoms with E-state index in [-0.39, 0.29) is 17.0 Å². The number of hydrogen-bond donors (Lipinski definition) is 5. The summed E-state index contributed by atoms with van der Waals surface area (Å²) in [7, 11) is 0. The molecule has 0 unspecified atom stereocenters. The summed E-state index contributed by atoms with van der Waals surface area (Å²) in [6.45, 7) is 8.15. The molecule has 0 spiro atoms. The first-order valence-corrected chi connectivity index (χ1v) is 16.6. The van der Waals surface area contributed by atoms with Gasteiger partial charge in [-0.1, -0.05) is 44.0 Å². The van der Waals surface area contributed by atoms with E-state index in [1.807, 2.05) is 49.5 Å². The summed E-state index contributed by atoms with van der Waals surface area (Å²) in [6, 6.07) is 15.0. The summed E-state index contributed by atoms with van der Waals surface area (Å²) in [6.07, 6.45) is 8.89. The number of rotatable bonds is 15.